The van der Waals surface area contributed by atoms with Crippen molar-refractivity contribution in [2.45, 2.75) is 47.7 Å². The van der Waals surface area contributed by atoms with Gasteiger partial charge in [-0.3, -0.25) is 0 Å². The van der Waals surface area contributed by atoms with Crippen LogP contribution in [0.2, 0.25) is 10.0 Å². The summed E-state index contributed by atoms with van der Waals surface area (Å²) in [4.78, 5) is 6.07. The van der Waals surface area contributed by atoms with Crippen LogP contribution in [-0.2, 0) is 44.9 Å². The number of nitrogens with two attached hydrogens (primary N) is 2. The van der Waals surface area contributed by atoms with Gasteiger partial charge in [-0.25, -0.2) is 18.4 Å². The number of thioether (sulfide) groups is 1. The third-order valence-corrected chi connectivity index (χ3v) is 9.73. The van der Waals surface area contributed by atoms with Crippen molar-refractivity contribution in [1.29, 1.82) is 0 Å². The fourth-order valence-corrected chi connectivity index (χ4v) is 6.87. The van der Waals surface area contributed by atoms with E-state index in [1.807, 2.05) is 0 Å². The summed E-state index contributed by atoms with van der Waals surface area (Å²) in [6, 6.07) is 1.12. The van der Waals surface area contributed by atoms with Gasteiger partial charge in [-0.15, -0.1) is 11.8 Å². The van der Waals surface area contributed by atoms with Crippen LogP contribution in [0.15, 0.2) is 34.3 Å². The van der Waals surface area contributed by atoms with Gasteiger partial charge in [0.2, 0.25) is 0 Å². The molecule has 4 aromatic heterocycles. The molecule has 4 aromatic rings. The molecule has 0 spiro atoms. The number of anilines is 2. The molecule has 12 nitrogen and oxygen atoms in total. The summed E-state index contributed by atoms with van der Waals surface area (Å²) >= 11 is 12.0. The van der Waals surface area contributed by atoms with E-state index in [-0.39, 0.29) is 28.8 Å². The number of methoxy groups -OCH3 is 2. The number of pyridine rings is 2. The number of nitrogen functional groups attached to an aromatic ring is 2. The Balaban J connectivity index is 0.000000291. The normalized spacial score (nSPS) is 12.9. The maximum Gasteiger partial charge on any atom is 0.417 e. The Morgan fingerprint density at radius 1 is 0.722 bits per heavy atom. The van der Waals surface area contributed by atoms with Gasteiger partial charge < -0.3 is 20.9 Å². The molecule has 0 saturated heterocycles. The lowest BCUT2D eigenvalue weighted by molar-refractivity contribution is -0.138. The molecule has 0 radical (unpaired) electrons. The van der Waals surface area contributed by atoms with E-state index >= 15 is 0 Å². The quantitative estimate of drug-likeness (QED) is 0.121. The Hall–Kier alpha value is -3.72. The van der Waals surface area contributed by atoms with Gasteiger partial charge in [-0.1, -0.05) is 23.2 Å². The first-order chi connectivity index (χ1) is 24.6. The molecule has 0 aliphatic heterocycles. The molecule has 0 aliphatic rings. The summed E-state index contributed by atoms with van der Waals surface area (Å²) in [5.74, 6) is -5.23. The van der Waals surface area contributed by atoms with Crippen LogP contribution in [0.4, 0.5) is 64.3 Å². The van der Waals surface area contributed by atoms with E-state index in [1.165, 1.54) is 7.11 Å². The standard InChI is InChI=1S/C13H11ClF6N4O3S.C13H11ClF6N4OS/c1-27-4-8-9(28(25,26)5-12(15,16)17)10(21)24(23-8)11-7(14)2-6(3-22-11)13(18,19)20;1-25-4-8-9(26-5-12(15,16)17)10(21)24(23-8)11-7(14)2-6(3-22-11)13(18,19)20/h2-3H,4-5,21H2,1H3;2-3H,4-5,21H2,1H3. The van der Waals surface area contributed by atoms with E-state index in [0.29, 0.717) is 41.0 Å². The highest BCUT2D eigenvalue weighted by molar-refractivity contribution is 7.99. The molecule has 4 heterocycles. The summed E-state index contributed by atoms with van der Waals surface area (Å²) in [7, 11) is -2.57. The lowest BCUT2D eigenvalue weighted by atomic mass is 10.3. The molecular weight excluding hydrogens is 851 g/mol. The Morgan fingerprint density at radius 3 is 1.54 bits per heavy atom. The van der Waals surface area contributed by atoms with Crippen molar-refractivity contribution in [2.75, 3.05) is 37.2 Å². The van der Waals surface area contributed by atoms with Crippen LogP contribution >= 0.6 is 35.0 Å². The van der Waals surface area contributed by atoms with Crippen molar-refractivity contribution in [3.05, 3.63) is 57.1 Å². The third-order valence-electron chi connectivity index (χ3n) is 6.19. The maximum absolute atomic E-state index is 12.7. The highest BCUT2D eigenvalue weighted by atomic mass is 35.5. The largest absolute Gasteiger partial charge is 0.417 e. The van der Waals surface area contributed by atoms with Crippen molar-refractivity contribution in [1.82, 2.24) is 29.5 Å². The number of hydrogen-bond donors (Lipinski definition) is 2. The van der Waals surface area contributed by atoms with Crippen LogP contribution in [0.1, 0.15) is 22.5 Å². The topological polar surface area (TPSA) is 166 Å². The van der Waals surface area contributed by atoms with Gasteiger partial charge in [0, 0.05) is 26.6 Å². The van der Waals surface area contributed by atoms with E-state index in [4.69, 9.17) is 44.1 Å². The van der Waals surface area contributed by atoms with Crippen LogP contribution in [0.5, 0.6) is 0 Å². The Bertz CT molecular complexity index is 2070. The van der Waals surface area contributed by atoms with Crippen LogP contribution in [0.3, 0.4) is 0 Å². The molecule has 4 N–H and O–H groups in total. The summed E-state index contributed by atoms with van der Waals surface area (Å²) in [6.07, 6.45) is -18.0. The molecule has 0 saturated carbocycles. The SMILES string of the molecule is COCc1nn(-c2ncc(C(F)(F)F)cc2Cl)c(N)c1S(=O)(=O)CC(F)(F)F.COCc1nn(-c2ncc(C(F)(F)F)cc2Cl)c(N)c1SCC(F)(F)F. The average molecular weight is 874 g/mol. The molecule has 0 fully saturated rings. The second-order valence-electron chi connectivity index (χ2n) is 10.3. The number of halogens is 14. The zero-order valence-electron chi connectivity index (χ0n) is 26.7. The monoisotopic (exact) mass is 872 g/mol. The van der Waals surface area contributed by atoms with Crippen molar-refractivity contribution in [3.8, 4) is 11.6 Å². The number of alkyl halides is 12. The number of sulfone groups is 1. The minimum absolute atomic E-state index is 0.0121. The first kappa shape index (κ1) is 44.7. The summed E-state index contributed by atoms with van der Waals surface area (Å²) in [6.45, 7) is -0.697. The van der Waals surface area contributed by atoms with E-state index < -0.39 is 96.1 Å². The molecule has 28 heteroatoms. The Kier molecular flexibility index (Phi) is 13.7. The summed E-state index contributed by atoms with van der Waals surface area (Å²) in [5, 5.41) is 6.67. The highest BCUT2D eigenvalue weighted by Gasteiger charge is 2.40. The predicted octanol–water partition coefficient (Wildman–Crippen LogP) is 7.33. The van der Waals surface area contributed by atoms with Gasteiger partial charge >= 0.3 is 24.7 Å². The van der Waals surface area contributed by atoms with E-state index in [2.05, 4.69) is 20.2 Å². The maximum atomic E-state index is 12.7. The molecule has 0 atom stereocenters. The molecule has 300 valence electrons. The number of rotatable bonds is 10. The Labute approximate surface area is 309 Å². The smallest absolute Gasteiger partial charge is 0.383 e. The fourth-order valence-electron chi connectivity index (χ4n) is 4.13. The average Bonchev–Trinajstić information content (AvgIpc) is 3.49. The van der Waals surface area contributed by atoms with Crippen LogP contribution in [0, 0.1) is 0 Å². The minimum atomic E-state index is -5.07. The second-order valence-corrected chi connectivity index (χ2v) is 14.1. The molecule has 54 heavy (non-hydrogen) atoms. The molecule has 0 aromatic carbocycles. The molecule has 0 bridgehead atoms. The van der Waals surface area contributed by atoms with Crippen LogP contribution in [-0.4, -0.2) is 76.0 Å². The molecule has 0 unspecified atom stereocenters. The van der Waals surface area contributed by atoms with Gasteiger partial charge in [0.15, 0.2) is 27.2 Å². The van der Waals surface area contributed by atoms with Crippen LogP contribution in [0.25, 0.3) is 11.6 Å². The number of hydrogen-bond acceptors (Lipinski definition) is 11. The van der Waals surface area contributed by atoms with Crippen molar-refractivity contribution >= 4 is 56.4 Å². The molecule has 4 rings (SSSR count). The first-order valence-electron chi connectivity index (χ1n) is 13.8. The van der Waals surface area contributed by atoms with E-state index in [9.17, 15) is 61.1 Å². The molecule has 0 amide bonds. The number of nitrogens with zero attached hydrogens (tertiary/aromatic N) is 6. The summed E-state index contributed by atoms with van der Waals surface area (Å²) in [5.41, 5.74) is 8.78. The van der Waals surface area contributed by atoms with Gasteiger partial charge in [0.05, 0.1) is 45.0 Å². The van der Waals surface area contributed by atoms with Crippen molar-refractivity contribution in [2.24, 2.45) is 0 Å². The number of aromatic nitrogens is 6. The fraction of sp³-hybridized carbons (Fsp3) is 0.385. The Morgan fingerprint density at radius 2 is 1.15 bits per heavy atom. The summed E-state index contributed by atoms with van der Waals surface area (Å²) < 4.78 is 187. The van der Waals surface area contributed by atoms with E-state index in [1.54, 1.807) is 0 Å². The highest BCUT2D eigenvalue weighted by Crippen LogP contribution is 2.38. The lowest BCUT2D eigenvalue weighted by Gasteiger charge is -2.10. The van der Waals surface area contributed by atoms with Crippen molar-refractivity contribution < 1.29 is 70.6 Å². The van der Waals surface area contributed by atoms with Gasteiger partial charge in [0.1, 0.15) is 27.9 Å². The number of ether oxygens (including phenoxy) is 2. The van der Waals surface area contributed by atoms with E-state index in [0.717, 1.165) is 11.8 Å². The lowest BCUT2D eigenvalue weighted by Crippen LogP contribution is -2.24. The van der Waals surface area contributed by atoms with Crippen LogP contribution < -0.4 is 11.5 Å². The minimum Gasteiger partial charge on any atom is -0.383 e. The van der Waals surface area contributed by atoms with Gasteiger partial charge in [0.25, 0.3) is 0 Å². The van der Waals surface area contributed by atoms with Gasteiger partial charge in [-0.2, -0.15) is 72.2 Å². The van der Waals surface area contributed by atoms with Gasteiger partial charge in [-0.05, 0) is 12.1 Å². The molecular formula is C26H22Cl2F12N8O4S2. The predicted molar refractivity (Wildman–Crippen MR) is 168 cm³/mol. The zero-order valence-corrected chi connectivity index (χ0v) is 29.9. The first-order valence-corrected chi connectivity index (χ1v) is 17.2. The third kappa shape index (κ3) is 11.2. The van der Waals surface area contributed by atoms with Crippen molar-refractivity contribution in [3.63, 3.8) is 0 Å². The molecule has 0 aliphatic carbocycles. The zero-order chi connectivity index (χ0) is 41.2. The second kappa shape index (κ2) is 16.6.